The molecule has 1 amide bonds. The van der Waals surface area contributed by atoms with Crippen LogP contribution in [0.25, 0.3) is 0 Å². The molecular formula is C18H16ClNO4. The third kappa shape index (κ3) is 4.67. The number of aryl methyl sites for hydroxylation is 1. The molecular weight excluding hydrogens is 330 g/mol. The highest BCUT2D eigenvalue weighted by Crippen LogP contribution is 2.18. The first kappa shape index (κ1) is 17.7. The highest BCUT2D eigenvalue weighted by atomic mass is 35.5. The van der Waals surface area contributed by atoms with Crippen molar-refractivity contribution in [1.82, 2.24) is 0 Å². The van der Waals surface area contributed by atoms with Crippen molar-refractivity contribution >= 4 is 34.9 Å². The Bertz CT molecular complexity index is 784. The molecule has 0 radical (unpaired) electrons. The molecule has 2 aromatic rings. The molecule has 0 heterocycles. The van der Waals surface area contributed by atoms with Gasteiger partial charge in [0.1, 0.15) is 0 Å². The maximum atomic E-state index is 12.0. The third-order valence-electron chi connectivity index (χ3n) is 3.42. The van der Waals surface area contributed by atoms with E-state index >= 15 is 0 Å². The van der Waals surface area contributed by atoms with E-state index in [-0.39, 0.29) is 29.9 Å². The van der Waals surface area contributed by atoms with E-state index in [9.17, 15) is 19.5 Å². The van der Waals surface area contributed by atoms with Crippen molar-refractivity contribution in [3.05, 3.63) is 64.2 Å². The van der Waals surface area contributed by atoms with Crippen molar-refractivity contribution in [2.75, 3.05) is 5.32 Å². The first-order chi connectivity index (χ1) is 11.4. The second-order valence-corrected chi connectivity index (χ2v) is 5.77. The molecule has 2 N–H and O–H groups in total. The molecule has 124 valence electrons. The molecule has 6 heteroatoms. The van der Waals surface area contributed by atoms with Gasteiger partial charge < -0.3 is 10.4 Å². The Balaban J connectivity index is 1.98. The summed E-state index contributed by atoms with van der Waals surface area (Å²) in [5.41, 5.74) is 1.50. The van der Waals surface area contributed by atoms with Crippen molar-refractivity contribution in [3.63, 3.8) is 0 Å². The highest BCUT2D eigenvalue weighted by Gasteiger charge is 2.14. The van der Waals surface area contributed by atoms with Gasteiger partial charge in [0.15, 0.2) is 5.78 Å². The fourth-order valence-electron chi connectivity index (χ4n) is 2.16. The number of nitrogens with one attached hydrogen (secondary N) is 1. The summed E-state index contributed by atoms with van der Waals surface area (Å²) in [5, 5.41) is 12.3. The Morgan fingerprint density at radius 3 is 2.33 bits per heavy atom. The average molecular weight is 346 g/mol. The van der Waals surface area contributed by atoms with Crippen LogP contribution in [0.5, 0.6) is 0 Å². The summed E-state index contributed by atoms with van der Waals surface area (Å²) < 4.78 is 0. The minimum atomic E-state index is -1.12. The van der Waals surface area contributed by atoms with Crippen LogP contribution in [0.1, 0.15) is 39.1 Å². The van der Waals surface area contributed by atoms with Crippen LogP contribution >= 0.6 is 11.6 Å². The van der Waals surface area contributed by atoms with Gasteiger partial charge >= 0.3 is 5.97 Å². The van der Waals surface area contributed by atoms with E-state index in [0.29, 0.717) is 10.6 Å². The molecule has 0 bridgehead atoms. The van der Waals surface area contributed by atoms with Crippen LogP contribution in [-0.2, 0) is 4.79 Å². The van der Waals surface area contributed by atoms with E-state index in [4.69, 9.17) is 11.6 Å². The molecule has 0 atom stereocenters. The lowest BCUT2D eigenvalue weighted by Crippen LogP contribution is -2.16. The van der Waals surface area contributed by atoms with Crippen LogP contribution in [0.3, 0.4) is 0 Å². The Hall–Kier alpha value is -2.66. The van der Waals surface area contributed by atoms with E-state index in [1.165, 1.54) is 12.1 Å². The molecule has 5 nitrogen and oxygen atoms in total. The van der Waals surface area contributed by atoms with Crippen molar-refractivity contribution in [2.24, 2.45) is 0 Å². The molecule has 0 unspecified atom stereocenters. The van der Waals surface area contributed by atoms with Gasteiger partial charge in [-0.15, -0.1) is 0 Å². The van der Waals surface area contributed by atoms with Crippen LogP contribution in [0, 0.1) is 6.92 Å². The Labute approximate surface area is 144 Å². The van der Waals surface area contributed by atoms with E-state index < -0.39 is 11.9 Å². The predicted octanol–water partition coefficient (Wildman–Crippen LogP) is 3.95. The molecule has 2 rings (SSSR count). The maximum Gasteiger partial charge on any atom is 0.337 e. The van der Waals surface area contributed by atoms with Crippen LogP contribution in [0.15, 0.2) is 42.5 Å². The molecule has 0 aromatic heterocycles. The summed E-state index contributed by atoms with van der Waals surface area (Å²) in [6, 6.07) is 11.2. The number of benzene rings is 2. The molecule has 0 aliphatic rings. The summed E-state index contributed by atoms with van der Waals surface area (Å²) in [7, 11) is 0. The Morgan fingerprint density at radius 2 is 1.71 bits per heavy atom. The van der Waals surface area contributed by atoms with Crippen LogP contribution in [-0.4, -0.2) is 22.8 Å². The lowest BCUT2D eigenvalue weighted by atomic mass is 10.1. The summed E-state index contributed by atoms with van der Waals surface area (Å²) >= 11 is 5.76. The molecule has 0 aliphatic heterocycles. The van der Waals surface area contributed by atoms with Gasteiger partial charge in [-0.25, -0.2) is 4.79 Å². The van der Waals surface area contributed by atoms with Gasteiger partial charge in [-0.3, -0.25) is 9.59 Å². The smallest absolute Gasteiger partial charge is 0.337 e. The van der Waals surface area contributed by atoms with Crippen molar-refractivity contribution in [2.45, 2.75) is 19.8 Å². The van der Waals surface area contributed by atoms with E-state index in [1.54, 1.807) is 37.3 Å². The molecule has 0 aliphatic carbocycles. The van der Waals surface area contributed by atoms with Gasteiger partial charge in [0.25, 0.3) is 0 Å². The number of ketones is 1. The standard InChI is InChI=1S/C18H16ClNO4/c1-11-2-7-15(14(10-11)18(23)24)20-17(22)9-8-16(21)12-3-5-13(19)6-4-12/h2-7,10H,8-9H2,1H3,(H,20,22)(H,23,24). The number of hydrogen-bond donors (Lipinski definition) is 2. The quantitative estimate of drug-likeness (QED) is 0.776. The zero-order chi connectivity index (χ0) is 17.7. The number of rotatable bonds is 6. The number of carbonyl (C=O) groups excluding carboxylic acids is 2. The number of anilines is 1. The zero-order valence-electron chi connectivity index (χ0n) is 13.0. The lowest BCUT2D eigenvalue weighted by molar-refractivity contribution is -0.116. The summed E-state index contributed by atoms with van der Waals surface area (Å²) in [4.78, 5) is 35.2. The summed E-state index contributed by atoms with van der Waals surface area (Å²) in [5.74, 6) is -1.71. The van der Waals surface area contributed by atoms with Crippen LogP contribution in [0.2, 0.25) is 5.02 Å². The van der Waals surface area contributed by atoms with Crippen molar-refractivity contribution < 1.29 is 19.5 Å². The summed E-state index contributed by atoms with van der Waals surface area (Å²) in [6.07, 6.45) is -0.00384. The van der Waals surface area contributed by atoms with E-state index in [2.05, 4.69) is 5.32 Å². The summed E-state index contributed by atoms with van der Waals surface area (Å²) in [6.45, 7) is 1.77. The third-order valence-corrected chi connectivity index (χ3v) is 3.68. The zero-order valence-corrected chi connectivity index (χ0v) is 13.8. The first-order valence-electron chi connectivity index (χ1n) is 7.29. The number of carboxylic acid groups (broad SMARTS) is 1. The lowest BCUT2D eigenvalue weighted by Gasteiger charge is -2.09. The van der Waals surface area contributed by atoms with Gasteiger partial charge in [0.05, 0.1) is 11.3 Å². The van der Waals surface area contributed by atoms with Gasteiger partial charge in [-0.2, -0.15) is 0 Å². The second-order valence-electron chi connectivity index (χ2n) is 5.33. The molecule has 0 fully saturated rings. The number of carbonyl (C=O) groups is 3. The highest BCUT2D eigenvalue weighted by molar-refractivity contribution is 6.30. The number of amides is 1. The minimum Gasteiger partial charge on any atom is -0.478 e. The normalized spacial score (nSPS) is 10.2. The average Bonchev–Trinajstić information content (AvgIpc) is 2.54. The molecule has 2 aromatic carbocycles. The minimum absolute atomic E-state index is 0.0207. The van der Waals surface area contributed by atoms with Gasteiger partial charge in [-0.1, -0.05) is 23.2 Å². The van der Waals surface area contributed by atoms with Crippen molar-refractivity contribution in [1.29, 1.82) is 0 Å². The van der Waals surface area contributed by atoms with Gasteiger partial charge in [-0.05, 0) is 43.3 Å². The molecule has 24 heavy (non-hydrogen) atoms. The second kappa shape index (κ2) is 7.75. The van der Waals surface area contributed by atoms with E-state index in [1.807, 2.05) is 0 Å². The van der Waals surface area contributed by atoms with Crippen molar-refractivity contribution in [3.8, 4) is 0 Å². The SMILES string of the molecule is Cc1ccc(NC(=O)CCC(=O)c2ccc(Cl)cc2)c(C(=O)O)c1. The fraction of sp³-hybridized carbons (Fsp3) is 0.167. The Kier molecular flexibility index (Phi) is 5.71. The van der Waals surface area contributed by atoms with E-state index in [0.717, 1.165) is 5.56 Å². The number of hydrogen-bond acceptors (Lipinski definition) is 3. The molecule has 0 spiro atoms. The van der Waals surface area contributed by atoms with Crippen LogP contribution in [0.4, 0.5) is 5.69 Å². The fourth-order valence-corrected chi connectivity index (χ4v) is 2.29. The number of halogens is 1. The van der Waals surface area contributed by atoms with Crippen LogP contribution < -0.4 is 5.32 Å². The van der Waals surface area contributed by atoms with Gasteiger partial charge in [0.2, 0.25) is 5.91 Å². The Morgan fingerprint density at radius 1 is 1.04 bits per heavy atom. The van der Waals surface area contributed by atoms with Gasteiger partial charge in [0, 0.05) is 23.4 Å². The molecule has 0 saturated carbocycles. The first-order valence-corrected chi connectivity index (χ1v) is 7.67. The molecule has 0 saturated heterocycles. The predicted molar refractivity (Wildman–Crippen MR) is 91.8 cm³/mol. The largest absolute Gasteiger partial charge is 0.478 e. The number of aromatic carboxylic acids is 1. The topological polar surface area (TPSA) is 83.5 Å². The maximum absolute atomic E-state index is 12.0. The number of Topliss-reactive ketones (excluding diaryl/α,β-unsaturated/α-hetero) is 1. The number of carboxylic acids is 1. The monoisotopic (exact) mass is 345 g/mol.